The van der Waals surface area contributed by atoms with Crippen molar-refractivity contribution in [2.75, 3.05) is 5.73 Å². The molecule has 27 heavy (non-hydrogen) atoms. The van der Waals surface area contributed by atoms with Crippen LogP contribution in [0.15, 0.2) is 34.2 Å². The molecule has 138 valence electrons. The molecule has 4 aromatic rings. The molecule has 3 N–H and O–H groups in total. The standard InChI is InChI=1S/C17H16BrN7OS/c1-17(2,26)12-5-3-4-9(20-12)6-25-7-11(23-24-25)14-15-13(10(18)8-27-15)21-16(19)22-14/h3-5,7-8,26H,6H2,1-2H3,(H2,19,21,22). The van der Waals surface area contributed by atoms with Crippen molar-refractivity contribution < 1.29 is 5.11 Å². The van der Waals surface area contributed by atoms with E-state index in [1.54, 1.807) is 30.8 Å². The Morgan fingerprint density at radius 3 is 2.85 bits per heavy atom. The highest BCUT2D eigenvalue weighted by atomic mass is 79.9. The minimum Gasteiger partial charge on any atom is -0.384 e. The summed E-state index contributed by atoms with van der Waals surface area (Å²) in [6.45, 7) is 3.84. The zero-order valence-electron chi connectivity index (χ0n) is 14.6. The molecule has 0 unspecified atom stereocenters. The van der Waals surface area contributed by atoms with Crippen molar-refractivity contribution in [2.24, 2.45) is 0 Å². The molecule has 0 aromatic carbocycles. The van der Waals surface area contributed by atoms with Crippen molar-refractivity contribution in [1.29, 1.82) is 0 Å². The van der Waals surface area contributed by atoms with Crippen LogP contribution in [0, 0.1) is 0 Å². The van der Waals surface area contributed by atoms with Gasteiger partial charge in [0.1, 0.15) is 22.5 Å². The van der Waals surface area contributed by atoms with E-state index in [1.807, 2.05) is 17.5 Å². The van der Waals surface area contributed by atoms with E-state index in [9.17, 15) is 5.11 Å². The number of anilines is 1. The van der Waals surface area contributed by atoms with Gasteiger partial charge in [0.2, 0.25) is 5.95 Å². The van der Waals surface area contributed by atoms with Crippen molar-refractivity contribution in [1.82, 2.24) is 29.9 Å². The van der Waals surface area contributed by atoms with E-state index in [-0.39, 0.29) is 5.95 Å². The molecule has 0 amide bonds. The number of nitrogens with zero attached hydrogens (tertiary/aromatic N) is 6. The van der Waals surface area contributed by atoms with Gasteiger partial charge in [-0.15, -0.1) is 16.4 Å². The smallest absolute Gasteiger partial charge is 0.221 e. The number of rotatable bonds is 4. The van der Waals surface area contributed by atoms with Crippen molar-refractivity contribution in [3.63, 3.8) is 0 Å². The summed E-state index contributed by atoms with van der Waals surface area (Å²) in [5, 5.41) is 20.5. The van der Waals surface area contributed by atoms with Crippen molar-refractivity contribution in [2.45, 2.75) is 26.0 Å². The van der Waals surface area contributed by atoms with E-state index in [0.717, 1.165) is 20.4 Å². The second kappa shape index (κ2) is 6.63. The van der Waals surface area contributed by atoms with Gasteiger partial charge in [-0.3, -0.25) is 4.98 Å². The first-order valence-electron chi connectivity index (χ1n) is 8.11. The van der Waals surface area contributed by atoms with Gasteiger partial charge in [-0.1, -0.05) is 11.3 Å². The van der Waals surface area contributed by atoms with Crippen LogP contribution < -0.4 is 5.73 Å². The zero-order chi connectivity index (χ0) is 19.2. The van der Waals surface area contributed by atoms with E-state index in [1.165, 1.54) is 11.3 Å². The van der Waals surface area contributed by atoms with Gasteiger partial charge >= 0.3 is 0 Å². The Morgan fingerprint density at radius 1 is 1.26 bits per heavy atom. The number of nitrogens with two attached hydrogens (primary N) is 1. The molecule has 0 atom stereocenters. The lowest BCUT2D eigenvalue weighted by Crippen LogP contribution is -2.18. The monoisotopic (exact) mass is 445 g/mol. The highest BCUT2D eigenvalue weighted by Crippen LogP contribution is 2.35. The fraction of sp³-hybridized carbons (Fsp3) is 0.235. The van der Waals surface area contributed by atoms with E-state index in [0.29, 0.717) is 23.6 Å². The minimum atomic E-state index is -1.000. The van der Waals surface area contributed by atoms with Crippen LogP contribution in [-0.4, -0.2) is 35.1 Å². The fourth-order valence-corrected chi connectivity index (χ4v) is 4.20. The Hall–Kier alpha value is -2.43. The van der Waals surface area contributed by atoms with Gasteiger partial charge in [0.05, 0.1) is 33.3 Å². The summed E-state index contributed by atoms with van der Waals surface area (Å²) in [5.41, 5.74) is 8.26. The maximum absolute atomic E-state index is 10.1. The lowest BCUT2D eigenvalue weighted by molar-refractivity contribution is 0.0736. The number of nitrogen functional groups attached to an aromatic ring is 1. The number of thiophene rings is 1. The van der Waals surface area contributed by atoms with Crippen molar-refractivity contribution >= 4 is 43.4 Å². The average Bonchev–Trinajstić information content (AvgIpc) is 3.21. The number of hydrogen-bond donors (Lipinski definition) is 2. The molecule has 0 spiro atoms. The van der Waals surface area contributed by atoms with Gasteiger partial charge in [0, 0.05) is 5.38 Å². The highest BCUT2D eigenvalue weighted by molar-refractivity contribution is 9.10. The summed E-state index contributed by atoms with van der Waals surface area (Å²) < 4.78 is 3.45. The predicted octanol–water partition coefficient (Wildman–Crippen LogP) is 2.97. The van der Waals surface area contributed by atoms with Gasteiger partial charge < -0.3 is 10.8 Å². The highest BCUT2D eigenvalue weighted by Gasteiger charge is 2.19. The molecule has 0 radical (unpaired) electrons. The van der Waals surface area contributed by atoms with Gasteiger partial charge in [0.15, 0.2) is 0 Å². The normalized spacial score (nSPS) is 12.0. The number of aromatic nitrogens is 6. The molecule has 4 aromatic heterocycles. The van der Waals surface area contributed by atoms with Crippen LogP contribution in [-0.2, 0) is 12.1 Å². The topological polar surface area (TPSA) is 116 Å². The first-order chi connectivity index (χ1) is 12.8. The summed E-state index contributed by atoms with van der Waals surface area (Å²) in [6.07, 6.45) is 1.80. The Balaban J connectivity index is 1.67. The molecule has 0 saturated heterocycles. The fourth-order valence-electron chi connectivity index (χ4n) is 2.64. The summed E-state index contributed by atoms with van der Waals surface area (Å²) in [4.78, 5) is 13.1. The first-order valence-corrected chi connectivity index (χ1v) is 9.78. The number of hydrogen-bond acceptors (Lipinski definition) is 8. The van der Waals surface area contributed by atoms with E-state index in [4.69, 9.17) is 5.73 Å². The molecule has 8 nitrogen and oxygen atoms in total. The molecule has 0 saturated carbocycles. The maximum atomic E-state index is 10.1. The second-order valence-electron chi connectivity index (χ2n) is 6.57. The summed E-state index contributed by atoms with van der Waals surface area (Å²) in [6, 6.07) is 5.55. The molecule has 0 aliphatic heterocycles. The quantitative estimate of drug-likeness (QED) is 0.495. The third kappa shape index (κ3) is 3.55. The predicted molar refractivity (Wildman–Crippen MR) is 107 cm³/mol. The van der Waals surface area contributed by atoms with Crippen molar-refractivity contribution in [3.05, 3.63) is 45.6 Å². The van der Waals surface area contributed by atoms with Crippen LogP contribution in [0.1, 0.15) is 25.2 Å². The summed E-state index contributed by atoms with van der Waals surface area (Å²) in [5.74, 6) is 0.186. The number of aliphatic hydroxyl groups is 1. The molecular formula is C17H16BrN7OS. The van der Waals surface area contributed by atoms with Crippen LogP contribution in [0.4, 0.5) is 5.95 Å². The molecule has 0 aliphatic carbocycles. The molecule has 4 heterocycles. The van der Waals surface area contributed by atoms with Crippen LogP contribution in [0.5, 0.6) is 0 Å². The van der Waals surface area contributed by atoms with Crippen LogP contribution >= 0.6 is 27.3 Å². The van der Waals surface area contributed by atoms with Crippen molar-refractivity contribution in [3.8, 4) is 11.4 Å². The van der Waals surface area contributed by atoms with Crippen LogP contribution in [0.25, 0.3) is 21.6 Å². The number of pyridine rings is 1. The average molecular weight is 446 g/mol. The van der Waals surface area contributed by atoms with E-state index in [2.05, 4.69) is 41.2 Å². The molecule has 0 aliphatic rings. The van der Waals surface area contributed by atoms with E-state index >= 15 is 0 Å². The number of fused-ring (bicyclic) bond motifs is 1. The Bertz CT molecular complexity index is 1130. The molecule has 10 heteroatoms. The molecule has 4 rings (SSSR count). The summed E-state index contributed by atoms with van der Waals surface area (Å²) in [7, 11) is 0. The third-order valence-corrected chi connectivity index (χ3v) is 5.81. The Kier molecular flexibility index (Phi) is 4.41. The lowest BCUT2D eigenvalue weighted by atomic mass is 10.0. The van der Waals surface area contributed by atoms with Crippen LogP contribution in [0.3, 0.4) is 0 Å². The first kappa shape index (κ1) is 18.0. The van der Waals surface area contributed by atoms with Gasteiger partial charge in [-0.2, -0.15) is 0 Å². The minimum absolute atomic E-state index is 0.186. The van der Waals surface area contributed by atoms with Gasteiger partial charge in [-0.25, -0.2) is 14.6 Å². The van der Waals surface area contributed by atoms with Gasteiger partial charge in [0.25, 0.3) is 0 Å². The summed E-state index contributed by atoms with van der Waals surface area (Å²) >= 11 is 4.99. The molecule has 0 bridgehead atoms. The Labute approximate surface area is 167 Å². The zero-order valence-corrected chi connectivity index (χ0v) is 17.0. The second-order valence-corrected chi connectivity index (χ2v) is 8.30. The maximum Gasteiger partial charge on any atom is 0.221 e. The molecular weight excluding hydrogens is 430 g/mol. The number of halogens is 1. The molecule has 0 fully saturated rings. The third-order valence-electron chi connectivity index (χ3n) is 3.93. The van der Waals surface area contributed by atoms with E-state index < -0.39 is 5.60 Å². The van der Waals surface area contributed by atoms with Gasteiger partial charge in [-0.05, 0) is 41.9 Å². The lowest BCUT2D eigenvalue weighted by Gasteiger charge is -2.17. The SMILES string of the molecule is CC(C)(O)c1cccc(Cn2cc(-c3nc(N)nc4c(Br)csc34)nn2)n1. The van der Waals surface area contributed by atoms with Crippen LogP contribution in [0.2, 0.25) is 0 Å². The Morgan fingerprint density at radius 2 is 2.07 bits per heavy atom. The largest absolute Gasteiger partial charge is 0.384 e.